The molecule has 1 aromatic rings. The first-order chi connectivity index (χ1) is 8.61. The molecule has 6 heteroatoms. The molecule has 2 rings (SSSR count). The molecule has 0 radical (unpaired) electrons. The summed E-state index contributed by atoms with van der Waals surface area (Å²) in [5.74, 6) is 0.680. The Morgan fingerprint density at radius 2 is 2.33 bits per heavy atom. The monoisotopic (exact) mass is 247 g/mol. The molecule has 1 aromatic heterocycles. The molecule has 0 saturated carbocycles. The maximum atomic E-state index is 10.8. The molecule has 0 saturated heterocycles. The first-order valence-corrected chi connectivity index (χ1v) is 5.87. The molecule has 6 nitrogen and oxygen atoms in total. The number of amides is 1. The Kier molecular flexibility index (Phi) is 3.45. The van der Waals surface area contributed by atoms with Gasteiger partial charge in [-0.15, -0.1) is 0 Å². The van der Waals surface area contributed by atoms with Crippen LogP contribution in [0.4, 0.5) is 5.82 Å². The van der Waals surface area contributed by atoms with E-state index in [9.17, 15) is 4.79 Å². The molecule has 0 aromatic carbocycles. The summed E-state index contributed by atoms with van der Waals surface area (Å²) in [6, 6.07) is -0.0866. The van der Waals surface area contributed by atoms with Crippen LogP contribution in [-0.2, 0) is 4.79 Å². The molecule has 0 aliphatic carbocycles. The predicted molar refractivity (Wildman–Crippen MR) is 68.5 cm³/mol. The maximum absolute atomic E-state index is 10.8. The first kappa shape index (κ1) is 12.3. The average Bonchev–Trinajstić information content (AvgIpc) is 2.35. The number of aryl methyl sites for hydroxylation is 1. The fourth-order valence-electron chi connectivity index (χ4n) is 1.97. The minimum Gasteiger partial charge on any atom is -0.399 e. The van der Waals surface area contributed by atoms with Crippen molar-refractivity contribution in [2.24, 2.45) is 5.73 Å². The highest BCUT2D eigenvalue weighted by molar-refractivity contribution is 5.51. The standard InChI is InChI=1S/C12H17N5O/c1-8-5-14-6-11(15-8)16-10-3-4-17(7-18)9(2)12(10)13/h5-7,9H,3-4,13H2,1-2H3,(H,15,16). The van der Waals surface area contributed by atoms with Crippen molar-refractivity contribution in [3.63, 3.8) is 0 Å². The van der Waals surface area contributed by atoms with Crippen LogP contribution in [0.3, 0.4) is 0 Å². The van der Waals surface area contributed by atoms with Crippen LogP contribution in [0.25, 0.3) is 0 Å². The Hall–Kier alpha value is -2.11. The summed E-state index contributed by atoms with van der Waals surface area (Å²) in [5, 5.41) is 3.18. The summed E-state index contributed by atoms with van der Waals surface area (Å²) < 4.78 is 0. The van der Waals surface area contributed by atoms with Crippen molar-refractivity contribution in [3.05, 3.63) is 29.5 Å². The lowest BCUT2D eigenvalue weighted by Gasteiger charge is -2.32. The second kappa shape index (κ2) is 5.03. The average molecular weight is 247 g/mol. The number of hydrogen-bond acceptors (Lipinski definition) is 5. The first-order valence-electron chi connectivity index (χ1n) is 5.87. The van der Waals surface area contributed by atoms with Crippen LogP contribution >= 0.6 is 0 Å². The van der Waals surface area contributed by atoms with Gasteiger partial charge in [0.05, 0.1) is 23.6 Å². The second-order valence-corrected chi connectivity index (χ2v) is 4.37. The van der Waals surface area contributed by atoms with E-state index >= 15 is 0 Å². The van der Waals surface area contributed by atoms with Crippen molar-refractivity contribution >= 4 is 12.2 Å². The van der Waals surface area contributed by atoms with Gasteiger partial charge in [-0.05, 0) is 13.8 Å². The van der Waals surface area contributed by atoms with Gasteiger partial charge in [0.1, 0.15) is 5.82 Å². The number of aromatic nitrogens is 2. The molecule has 3 N–H and O–H groups in total. The Bertz CT molecular complexity index is 485. The molecule has 1 atom stereocenters. The largest absolute Gasteiger partial charge is 0.399 e. The van der Waals surface area contributed by atoms with E-state index in [0.717, 1.165) is 17.8 Å². The zero-order chi connectivity index (χ0) is 13.1. The van der Waals surface area contributed by atoms with Gasteiger partial charge in [0, 0.05) is 24.9 Å². The van der Waals surface area contributed by atoms with Crippen molar-refractivity contribution in [1.82, 2.24) is 14.9 Å². The molecule has 1 unspecified atom stereocenters. The van der Waals surface area contributed by atoms with Gasteiger partial charge >= 0.3 is 0 Å². The van der Waals surface area contributed by atoms with Gasteiger partial charge in [0.2, 0.25) is 6.41 Å². The van der Waals surface area contributed by atoms with E-state index in [4.69, 9.17) is 5.73 Å². The Morgan fingerprint density at radius 3 is 3.00 bits per heavy atom. The molecule has 2 heterocycles. The number of hydrogen-bond donors (Lipinski definition) is 2. The van der Waals surface area contributed by atoms with Gasteiger partial charge in [-0.2, -0.15) is 0 Å². The van der Waals surface area contributed by atoms with Crippen LogP contribution in [-0.4, -0.2) is 33.9 Å². The van der Waals surface area contributed by atoms with Crippen LogP contribution in [0.5, 0.6) is 0 Å². The van der Waals surface area contributed by atoms with E-state index in [1.165, 1.54) is 0 Å². The Labute approximate surface area is 106 Å². The molecule has 0 fully saturated rings. The quantitative estimate of drug-likeness (QED) is 0.765. The topological polar surface area (TPSA) is 84.1 Å². The third kappa shape index (κ3) is 2.42. The molecule has 1 aliphatic rings. The molecule has 1 aliphatic heterocycles. The zero-order valence-corrected chi connectivity index (χ0v) is 10.6. The Morgan fingerprint density at radius 1 is 1.56 bits per heavy atom. The normalized spacial score (nSPS) is 19.9. The highest BCUT2D eigenvalue weighted by Gasteiger charge is 2.23. The van der Waals surface area contributed by atoms with Crippen molar-refractivity contribution in [2.75, 3.05) is 11.9 Å². The number of anilines is 1. The zero-order valence-electron chi connectivity index (χ0n) is 10.6. The smallest absolute Gasteiger partial charge is 0.210 e. The number of nitrogens with zero attached hydrogens (tertiary/aromatic N) is 3. The summed E-state index contributed by atoms with van der Waals surface area (Å²) in [4.78, 5) is 20.9. The third-order valence-electron chi connectivity index (χ3n) is 3.09. The summed E-state index contributed by atoms with van der Waals surface area (Å²) in [7, 11) is 0. The van der Waals surface area contributed by atoms with E-state index in [1.807, 2.05) is 13.8 Å². The van der Waals surface area contributed by atoms with Crippen LogP contribution in [0.1, 0.15) is 19.0 Å². The van der Waals surface area contributed by atoms with Crippen molar-refractivity contribution in [1.29, 1.82) is 0 Å². The summed E-state index contributed by atoms with van der Waals surface area (Å²) in [6.45, 7) is 4.45. The molecular weight excluding hydrogens is 230 g/mol. The van der Waals surface area contributed by atoms with Crippen LogP contribution in [0.15, 0.2) is 23.8 Å². The summed E-state index contributed by atoms with van der Waals surface area (Å²) in [5.41, 5.74) is 8.48. The molecule has 1 amide bonds. The lowest BCUT2D eigenvalue weighted by molar-refractivity contribution is -0.119. The van der Waals surface area contributed by atoms with Gasteiger partial charge in [0.25, 0.3) is 0 Å². The SMILES string of the molecule is Cc1cncc(NC2=C(N)C(C)N(C=O)CC2)n1. The van der Waals surface area contributed by atoms with Crippen molar-refractivity contribution in [2.45, 2.75) is 26.3 Å². The van der Waals surface area contributed by atoms with Gasteiger partial charge in [-0.1, -0.05) is 0 Å². The van der Waals surface area contributed by atoms with Gasteiger partial charge in [-0.3, -0.25) is 9.78 Å². The summed E-state index contributed by atoms with van der Waals surface area (Å²) in [6.07, 6.45) is 4.88. The van der Waals surface area contributed by atoms with Crippen LogP contribution < -0.4 is 11.1 Å². The molecule has 18 heavy (non-hydrogen) atoms. The van der Waals surface area contributed by atoms with Gasteiger partial charge in [0.15, 0.2) is 0 Å². The van der Waals surface area contributed by atoms with Crippen molar-refractivity contribution in [3.8, 4) is 0 Å². The predicted octanol–water partition coefficient (Wildman–Crippen LogP) is 0.618. The fraction of sp³-hybridized carbons (Fsp3) is 0.417. The highest BCUT2D eigenvalue weighted by Crippen LogP contribution is 2.20. The molecular formula is C12H17N5O. The minimum absolute atomic E-state index is 0.0866. The van der Waals surface area contributed by atoms with E-state index in [-0.39, 0.29) is 6.04 Å². The van der Waals surface area contributed by atoms with E-state index in [1.54, 1.807) is 17.3 Å². The number of nitrogens with two attached hydrogens (primary N) is 1. The lowest BCUT2D eigenvalue weighted by Crippen LogP contribution is -2.42. The molecule has 96 valence electrons. The van der Waals surface area contributed by atoms with E-state index in [0.29, 0.717) is 24.5 Å². The lowest BCUT2D eigenvalue weighted by atomic mass is 10.1. The number of nitrogens with one attached hydrogen (secondary N) is 1. The van der Waals surface area contributed by atoms with E-state index < -0.39 is 0 Å². The van der Waals surface area contributed by atoms with Crippen LogP contribution in [0.2, 0.25) is 0 Å². The van der Waals surface area contributed by atoms with Crippen LogP contribution in [0, 0.1) is 6.92 Å². The highest BCUT2D eigenvalue weighted by atomic mass is 16.1. The van der Waals surface area contributed by atoms with E-state index in [2.05, 4.69) is 15.3 Å². The molecule has 0 spiro atoms. The van der Waals surface area contributed by atoms with Crippen molar-refractivity contribution < 1.29 is 4.79 Å². The van der Waals surface area contributed by atoms with Gasteiger partial charge < -0.3 is 16.0 Å². The fourth-order valence-corrected chi connectivity index (χ4v) is 1.97. The molecule has 0 bridgehead atoms. The minimum atomic E-state index is -0.0866. The number of carbonyl (C=O) groups is 1. The number of rotatable bonds is 3. The maximum Gasteiger partial charge on any atom is 0.210 e. The van der Waals surface area contributed by atoms with Gasteiger partial charge in [-0.25, -0.2) is 4.98 Å². The summed E-state index contributed by atoms with van der Waals surface area (Å²) >= 11 is 0. The second-order valence-electron chi connectivity index (χ2n) is 4.37. The third-order valence-corrected chi connectivity index (χ3v) is 3.09. The Balaban J connectivity index is 2.19. The number of carbonyl (C=O) groups excluding carboxylic acids is 1.